The summed E-state index contributed by atoms with van der Waals surface area (Å²) in [6.07, 6.45) is 5.34. The number of amides is 1. The molecular formula is C22H23N7O. The lowest BCUT2D eigenvalue weighted by Gasteiger charge is -2.29. The van der Waals surface area contributed by atoms with Crippen molar-refractivity contribution in [3.8, 4) is 11.3 Å². The molecule has 152 valence electrons. The van der Waals surface area contributed by atoms with Gasteiger partial charge in [-0.2, -0.15) is 0 Å². The maximum Gasteiger partial charge on any atom is 0.254 e. The molecular weight excluding hydrogens is 378 g/mol. The van der Waals surface area contributed by atoms with Crippen molar-refractivity contribution in [1.29, 1.82) is 0 Å². The van der Waals surface area contributed by atoms with Gasteiger partial charge < -0.3 is 20.9 Å². The van der Waals surface area contributed by atoms with Crippen LogP contribution in [0.2, 0.25) is 0 Å². The number of pyridine rings is 3. The smallest absolute Gasteiger partial charge is 0.254 e. The number of aromatic nitrogens is 3. The minimum Gasteiger partial charge on any atom is -0.368 e. The summed E-state index contributed by atoms with van der Waals surface area (Å²) in [4.78, 5) is 28.3. The molecule has 0 unspecified atom stereocenters. The molecule has 1 saturated heterocycles. The Morgan fingerprint density at radius 1 is 1.07 bits per heavy atom. The Balaban J connectivity index is 1.44. The maximum absolute atomic E-state index is 12.6. The third-order valence-electron chi connectivity index (χ3n) is 5.50. The Bertz CT molecular complexity index is 1090. The van der Waals surface area contributed by atoms with Gasteiger partial charge in [-0.15, -0.1) is 0 Å². The van der Waals surface area contributed by atoms with Crippen LogP contribution >= 0.6 is 0 Å². The van der Waals surface area contributed by atoms with E-state index in [0.717, 1.165) is 54.4 Å². The van der Waals surface area contributed by atoms with Crippen LogP contribution in [0.15, 0.2) is 42.9 Å². The number of fused-ring (bicyclic) bond motifs is 1. The van der Waals surface area contributed by atoms with Gasteiger partial charge in [0.05, 0.1) is 35.0 Å². The molecule has 0 atom stereocenters. The number of hydrogen-bond donors (Lipinski definition) is 3. The van der Waals surface area contributed by atoms with Crippen molar-refractivity contribution in [3.05, 3.63) is 59.7 Å². The maximum atomic E-state index is 12.6. The fraction of sp³-hybridized carbons (Fsp3) is 0.273. The largest absolute Gasteiger partial charge is 0.368 e. The van der Waals surface area contributed by atoms with Gasteiger partial charge in [0.1, 0.15) is 5.82 Å². The molecule has 3 N–H and O–H groups in total. The molecule has 1 amide bonds. The molecule has 0 spiro atoms. The first-order valence-corrected chi connectivity index (χ1v) is 10.1. The molecule has 0 aliphatic carbocycles. The summed E-state index contributed by atoms with van der Waals surface area (Å²) < 4.78 is 0. The average molecular weight is 401 g/mol. The highest BCUT2D eigenvalue weighted by Crippen LogP contribution is 2.33. The molecule has 1 fully saturated rings. The highest BCUT2D eigenvalue weighted by atomic mass is 16.1. The van der Waals surface area contributed by atoms with E-state index in [1.165, 1.54) is 0 Å². The van der Waals surface area contributed by atoms with Gasteiger partial charge in [-0.3, -0.25) is 14.8 Å². The first kappa shape index (κ1) is 18.5. The van der Waals surface area contributed by atoms with Crippen LogP contribution in [0.4, 0.5) is 17.2 Å². The summed E-state index contributed by atoms with van der Waals surface area (Å²) in [5, 5.41) is 9.55. The van der Waals surface area contributed by atoms with Gasteiger partial charge in [0.15, 0.2) is 0 Å². The second kappa shape index (κ2) is 7.72. The highest BCUT2D eigenvalue weighted by Gasteiger charge is 2.27. The fourth-order valence-electron chi connectivity index (χ4n) is 3.99. The van der Waals surface area contributed by atoms with Gasteiger partial charge in [0.25, 0.3) is 5.91 Å². The summed E-state index contributed by atoms with van der Waals surface area (Å²) in [5.41, 5.74) is 5.97. The van der Waals surface area contributed by atoms with Crippen LogP contribution in [0.25, 0.3) is 11.3 Å². The minimum absolute atomic E-state index is 0.0978. The van der Waals surface area contributed by atoms with E-state index in [9.17, 15) is 4.79 Å². The van der Waals surface area contributed by atoms with Crippen molar-refractivity contribution in [1.82, 2.24) is 25.6 Å². The highest BCUT2D eigenvalue weighted by molar-refractivity contribution is 6.05. The van der Waals surface area contributed by atoms with Gasteiger partial charge in [-0.05, 0) is 31.2 Å². The van der Waals surface area contributed by atoms with Crippen LogP contribution in [0.5, 0.6) is 0 Å². The predicted molar refractivity (Wildman–Crippen MR) is 116 cm³/mol. The zero-order valence-corrected chi connectivity index (χ0v) is 16.8. The molecule has 0 saturated carbocycles. The van der Waals surface area contributed by atoms with Crippen molar-refractivity contribution in [2.45, 2.75) is 13.5 Å². The van der Waals surface area contributed by atoms with E-state index in [1.54, 1.807) is 12.4 Å². The Labute approximate surface area is 174 Å². The van der Waals surface area contributed by atoms with E-state index in [-0.39, 0.29) is 5.91 Å². The van der Waals surface area contributed by atoms with E-state index < -0.39 is 0 Å². The van der Waals surface area contributed by atoms with Crippen molar-refractivity contribution >= 4 is 23.1 Å². The van der Waals surface area contributed by atoms with Crippen molar-refractivity contribution in [2.75, 3.05) is 36.4 Å². The Hall–Kier alpha value is -3.52. The first-order valence-electron chi connectivity index (χ1n) is 10.1. The lowest BCUT2D eigenvalue weighted by molar-refractivity contribution is 0.0966. The van der Waals surface area contributed by atoms with Gasteiger partial charge in [-0.25, -0.2) is 4.98 Å². The van der Waals surface area contributed by atoms with Crippen LogP contribution in [0.1, 0.15) is 21.6 Å². The molecule has 5 heterocycles. The number of aryl methyl sites for hydroxylation is 1. The third kappa shape index (κ3) is 3.46. The lowest BCUT2D eigenvalue weighted by atomic mass is 10.0. The number of nitrogens with zero attached hydrogens (tertiary/aromatic N) is 4. The summed E-state index contributed by atoms with van der Waals surface area (Å²) in [6, 6.07) is 7.90. The molecule has 30 heavy (non-hydrogen) atoms. The first-order chi connectivity index (χ1) is 14.7. The van der Waals surface area contributed by atoms with Gasteiger partial charge in [-0.1, -0.05) is 0 Å². The predicted octanol–water partition coefficient (Wildman–Crippen LogP) is 2.24. The molecule has 0 radical (unpaired) electrons. The number of carbonyl (C=O) groups is 1. The van der Waals surface area contributed by atoms with Crippen molar-refractivity contribution in [3.63, 3.8) is 0 Å². The van der Waals surface area contributed by atoms with E-state index in [0.29, 0.717) is 23.6 Å². The fourth-order valence-corrected chi connectivity index (χ4v) is 3.99. The molecule has 2 aliphatic heterocycles. The van der Waals surface area contributed by atoms with Crippen molar-refractivity contribution in [2.24, 2.45) is 0 Å². The van der Waals surface area contributed by atoms with E-state index in [2.05, 4.69) is 41.9 Å². The third-order valence-corrected chi connectivity index (χ3v) is 5.50. The Kier molecular flexibility index (Phi) is 4.76. The summed E-state index contributed by atoms with van der Waals surface area (Å²) in [7, 11) is 0. The lowest BCUT2D eigenvalue weighted by Crippen LogP contribution is -2.43. The summed E-state index contributed by atoms with van der Waals surface area (Å²) in [5.74, 6) is 0.587. The minimum atomic E-state index is -0.0978. The van der Waals surface area contributed by atoms with Crippen LogP contribution in [0, 0.1) is 6.92 Å². The van der Waals surface area contributed by atoms with Gasteiger partial charge in [0.2, 0.25) is 0 Å². The number of anilines is 3. The summed E-state index contributed by atoms with van der Waals surface area (Å²) in [6.45, 7) is 6.32. The number of rotatable bonds is 4. The molecule has 8 nitrogen and oxygen atoms in total. The quantitative estimate of drug-likeness (QED) is 0.617. The summed E-state index contributed by atoms with van der Waals surface area (Å²) >= 11 is 0. The van der Waals surface area contributed by atoms with Crippen LogP contribution < -0.4 is 20.9 Å². The molecule has 3 aromatic rings. The second-order valence-corrected chi connectivity index (χ2v) is 7.51. The number of carbonyl (C=O) groups excluding carboxylic acids is 1. The monoisotopic (exact) mass is 401 g/mol. The molecule has 8 heteroatoms. The molecule has 3 aromatic heterocycles. The molecule has 2 aliphatic rings. The normalized spacial score (nSPS) is 15.6. The topological polar surface area (TPSA) is 95.1 Å². The number of hydrogen-bond acceptors (Lipinski definition) is 7. The molecule has 0 bridgehead atoms. The van der Waals surface area contributed by atoms with E-state index in [1.807, 2.05) is 31.3 Å². The Morgan fingerprint density at radius 3 is 2.70 bits per heavy atom. The molecule has 0 aromatic carbocycles. The standard InChI is InChI=1S/C22H23N7O/c1-14-10-15(4-5-24-14)21-17-12-27-22(30)20(17)18(13-26-21)28-19-3-2-16(11-25-19)29-8-6-23-7-9-29/h2-5,10-11,13,23H,6-9,12H2,1H3,(H,25,28)(H,27,30). The van der Waals surface area contributed by atoms with Crippen LogP contribution in [0.3, 0.4) is 0 Å². The van der Waals surface area contributed by atoms with Crippen LogP contribution in [-0.2, 0) is 6.54 Å². The number of nitrogens with one attached hydrogen (secondary N) is 3. The average Bonchev–Trinajstić information content (AvgIpc) is 3.17. The second-order valence-electron chi connectivity index (χ2n) is 7.51. The number of piperazine rings is 1. The van der Waals surface area contributed by atoms with Gasteiger partial charge >= 0.3 is 0 Å². The van der Waals surface area contributed by atoms with Gasteiger partial charge in [0, 0.05) is 55.7 Å². The van der Waals surface area contributed by atoms with Crippen LogP contribution in [-0.4, -0.2) is 47.0 Å². The SMILES string of the molecule is Cc1cc(-c2ncc(Nc3ccc(N4CCNCC4)cn3)c3c2CNC3=O)ccn1. The van der Waals surface area contributed by atoms with Crippen molar-refractivity contribution < 1.29 is 4.79 Å². The zero-order valence-electron chi connectivity index (χ0n) is 16.8. The van der Waals surface area contributed by atoms with E-state index >= 15 is 0 Å². The van der Waals surface area contributed by atoms with E-state index in [4.69, 9.17) is 0 Å². The molecule has 5 rings (SSSR count). The zero-order chi connectivity index (χ0) is 20.5. The Morgan fingerprint density at radius 2 is 1.93 bits per heavy atom.